The first-order valence-corrected chi connectivity index (χ1v) is 39.0. The number of rotatable bonds is 34. The van der Waals surface area contributed by atoms with E-state index in [0.717, 1.165) is 13.1 Å². The van der Waals surface area contributed by atoms with Gasteiger partial charge in [0.1, 0.15) is 0 Å². The molecule has 470 valence electrons. The van der Waals surface area contributed by atoms with Gasteiger partial charge in [-0.25, -0.2) is 0 Å². The van der Waals surface area contributed by atoms with E-state index in [4.69, 9.17) is 0 Å². The van der Waals surface area contributed by atoms with Crippen molar-refractivity contribution in [2.45, 2.75) is 213 Å². The molecular formula is C85H96N2S4. The van der Waals surface area contributed by atoms with Gasteiger partial charge in [-0.05, 0) is 167 Å². The summed E-state index contributed by atoms with van der Waals surface area (Å²) in [7, 11) is 0. The number of hydrogen-bond donors (Lipinski definition) is 0. The molecule has 0 saturated carbocycles. The highest BCUT2D eigenvalue weighted by molar-refractivity contribution is 7.26. The largest absolute Gasteiger partial charge is 0.340 e. The zero-order valence-electron chi connectivity index (χ0n) is 55.0. The number of benzene rings is 6. The summed E-state index contributed by atoms with van der Waals surface area (Å²) in [6, 6.07) is 67.0. The maximum absolute atomic E-state index is 2.67. The lowest BCUT2D eigenvalue weighted by Gasteiger charge is -2.33. The second kappa shape index (κ2) is 30.2. The minimum absolute atomic E-state index is 0.0268. The van der Waals surface area contributed by atoms with Crippen molar-refractivity contribution in [1.29, 1.82) is 0 Å². The summed E-state index contributed by atoms with van der Waals surface area (Å²) in [5.41, 5.74) is 16.9. The number of aromatic nitrogens is 2. The molecule has 0 bridgehead atoms. The Morgan fingerprint density at radius 3 is 0.934 bits per heavy atom. The van der Waals surface area contributed by atoms with E-state index < -0.39 is 0 Å². The number of unbranched alkanes of at least 4 members (excludes halogenated alkanes) is 20. The molecule has 1 aliphatic rings. The zero-order valence-corrected chi connectivity index (χ0v) is 58.3. The van der Waals surface area contributed by atoms with Gasteiger partial charge in [0.2, 0.25) is 0 Å². The Bertz CT molecular complexity index is 4070. The first-order valence-electron chi connectivity index (χ1n) is 35.7. The van der Waals surface area contributed by atoms with Crippen LogP contribution < -0.4 is 0 Å². The van der Waals surface area contributed by atoms with E-state index in [0.29, 0.717) is 0 Å². The summed E-state index contributed by atoms with van der Waals surface area (Å²) in [5, 5.41) is 5.49. The lowest BCUT2D eigenvalue weighted by molar-refractivity contribution is 0.398. The van der Waals surface area contributed by atoms with Crippen LogP contribution in [0, 0.1) is 0 Å². The van der Waals surface area contributed by atoms with Crippen molar-refractivity contribution in [3.63, 3.8) is 0 Å². The quantitative estimate of drug-likeness (QED) is 0.0356. The van der Waals surface area contributed by atoms with Crippen molar-refractivity contribution >= 4 is 89.0 Å². The molecule has 0 N–H and O–H groups in total. The first-order chi connectivity index (χ1) is 45.0. The SMILES string of the molecule is CCCCCCCCn1c2ccccc2c2cc(-c3ccc(-c4ccc(-c5ccc6c(c5)C(CCCCCCCC)(CCCCCCCC)c5cc(-c7ccc(-c8ccc(-c9ccc%10c(c9)c9ccccc9n%10CCCCCCCC)s8)s7)ccc5-6)s4)s3)ccc21. The van der Waals surface area contributed by atoms with Gasteiger partial charge in [0.15, 0.2) is 0 Å². The van der Waals surface area contributed by atoms with E-state index in [1.54, 1.807) is 11.1 Å². The van der Waals surface area contributed by atoms with Crippen LogP contribution in [0.2, 0.25) is 0 Å². The van der Waals surface area contributed by atoms with Crippen molar-refractivity contribution < 1.29 is 0 Å². The average molecular weight is 1270 g/mol. The summed E-state index contributed by atoms with van der Waals surface area (Å²) in [4.78, 5) is 10.8. The van der Waals surface area contributed by atoms with Crippen LogP contribution in [0.25, 0.3) is 116 Å². The van der Waals surface area contributed by atoms with Crippen molar-refractivity contribution in [3.05, 3.63) is 181 Å². The van der Waals surface area contributed by atoms with E-state index >= 15 is 0 Å². The topological polar surface area (TPSA) is 9.86 Å². The van der Waals surface area contributed by atoms with Crippen LogP contribution in [-0.2, 0) is 18.5 Å². The number of para-hydroxylation sites is 2. The van der Waals surface area contributed by atoms with Crippen molar-refractivity contribution in [2.75, 3.05) is 0 Å². The Morgan fingerprint density at radius 1 is 0.264 bits per heavy atom. The Kier molecular flexibility index (Phi) is 21.1. The number of aryl methyl sites for hydroxylation is 2. The van der Waals surface area contributed by atoms with E-state index in [9.17, 15) is 0 Å². The molecule has 91 heavy (non-hydrogen) atoms. The van der Waals surface area contributed by atoms with Gasteiger partial charge in [0.05, 0.1) is 0 Å². The van der Waals surface area contributed by atoms with Gasteiger partial charge in [-0.2, -0.15) is 0 Å². The Hall–Kier alpha value is -6.28. The third kappa shape index (κ3) is 13.7. The molecule has 0 unspecified atom stereocenters. The molecule has 0 aliphatic heterocycles. The van der Waals surface area contributed by atoms with Gasteiger partial charge >= 0.3 is 0 Å². The zero-order chi connectivity index (χ0) is 61.9. The number of thiophene rings is 4. The molecule has 1 aliphatic carbocycles. The highest BCUT2D eigenvalue weighted by Gasteiger charge is 2.43. The molecule has 0 spiro atoms. The molecule has 6 heteroatoms. The van der Waals surface area contributed by atoms with Gasteiger partial charge < -0.3 is 9.13 Å². The predicted octanol–water partition coefficient (Wildman–Crippen LogP) is 28.6. The molecule has 0 amide bonds. The normalized spacial score (nSPS) is 12.8. The number of hydrogen-bond acceptors (Lipinski definition) is 4. The Labute approximate surface area is 560 Å². The van der Waals surface area contributed by atoms with Crippen molar-refractivity contribution in [3.8, 4) is 72.4 Å². The molecule has 6 heterocycles. The minimum atomic E-state index is -0.0268. The monoisotopic (exact) mass is 1270 g/mol. The summed E-state index contributed by atoms with van der Waals surface area (Å²) in [6.07, 6.45) is 34.0. The van der Waals surface area contributed by atoms with Crippen LogP contribution in [0.3, 0.4) is 0 Å². The molecule has 0 atom stereocenters. The lowest BCUT2D eigenvalue weighted by Crippen LogP contribution is -2.25. The van der Waals surface area contributed by atoms with Crippen LogP contribution in [-0.4, -0.2) is 9.13 Å². The predicted molar refractivity (Wildman–Crippen MR) is 406 cm³/mol. The van der Waals surface area contributed by atoms with Gasteiger partial charge in [0.25, 0.3) is 0 Å². The third-order valence-corrected chi connectivity index (χ3v) is 25.3. The van der Waals surface area contributed by atoms with Crippen LogP contribution in [0.4, 0.5) is 0 Å². The van der Waals surface area contributed by atoms with Crippen molar-refractivity contribution in [1.82, 2.24) is 9.13 Å². The van der Waals surface area contributed by atoms with Gasteiger partial charge in [-0.15, -0.1) is 45.3 Å². The van der Waals surface area contributed by atoms with Crippen LogP contribution in [0.1, 0.15) is 206 Å². The van der Waals surface area contributed by atoms with E-state index in [1.165, 1.54) is 283 Å². The second-order valence-corrected chi connectivity index (χ2v) is 31.0. The highest BCUT2D eigenvalue weighted by atomic mass is 32.1. The standard InChI is InChI=1S/C85H96N2S4/c1-5-9-13-17-21-29-53-85(54-30-22-18-14-10-6-2)71-59-63(79-47-51-83(90-79)81-49-45-77(88-81)61-39-43-75-69(57-61)67-33-25-27-35-73(67)86(75)55-31-23-19-15-11-7-3)37-41-65(71)66-42-38-64(60-72(66)85)80-48-52-84(91-80)82-50-46-78(89-82)62-40-44-76-70(58-62)68-34-26-28-36-74(68)87(76)56-32-24-20-16-12-8-4/h25-28,33-52,57-60H,5-24,29-32,53-56H2,1-4H3. The molecule has 13 rings (SSSR count). The van der Waals surface area contributed by atoms with E-state index in [-0.39, 0.29) is 5.41 Å². The van der Waals surface area contributed by atoms with Crippen molar-refractivity contribution in [2.24, 2.45) is 0 Å². The molecule has 6 aromatic heterocycles. The molecular weight excluding hydrogens is 1180 g/mol. The lowest BCUT2D eigenvalue weighted by atomic mass is 9.70. The second-order valence-electron chi connectivity index (χ2n) is 26.6. The van der Waals surface area contributed by atoms with Gasteiger partial charge in [-0.3, -0.25) is 0 Å². The van der Waals surface area contributed by atoms with E-state index in [1.807, 2.05) is 45.3 Å². The maximum atomic E-state index is 2.67. The first kappa shape index (κ1) is 63.5. The Morgan fingerprint density at radius 2 is 0.560 bits per heavy atom. The minimum Gasteiger partial charge on any atom is -0.340 e. The fourth-order valence-corrected chi connectivity index (χ4v) is 19.6. The number of nitrogens with zero attached hydrogens (tertiary/aromatic N) is 2. The average Bonchev–Trinajstić information content (AvgIpc) is 1.58. The highest BCUT2D eigenvalue weighted by Crippen LogP contribution is 2.57. The fourth-order valence-electron chi connectivity index (χ4n) is 15.4. The molecule has 12 aromatic rings. The molecule has 0 fully saturated rings. The number of fused-ring (bicyclic) bond motifs is 9. The molecule has 0 radical (unpaired) electrons. The van der Waals surface area contributed by atoms with Gasteiger partial charge in [-0.1, -0.05) is 242 Å². The third-order valence-electron chi connectivity index (χ3n) is 20.3. The summed E-state index contributed by atoms with van der Waals surface area (Å²) >= 11 is 7.83. The molecule has 6 aromatic carbocycles. The maximum Gasteiger partial charge on any atom is 0.0491 e. The summed E-state index contributed by atoms with van der Waals surface area (Å²) in [6.45, 7) is 11.5. The molecule has 0 saturated heterocycles. The van der Waals surface area contributed by atoms with Crippen LogP contribution >= 0.6 is 45.3 Å². The Balaban J connectivity index is 0.777. The smallest absolute Gasteiger partial charge is 0.0491 e. The van der Waals surface area contributed by atoms with Gasteiger partial charge in [0, 0.05) is 101 Å². The summed E-state index contributed by atoms with van der Waals surface area (Å²) < 4.78 is 5.17. The molecule has 2 nitrogen and oxygen atoms in total. The summed E-state index contributed by atoms with van der Waals surface area (Å²) in [5.74, 6) is 0. The fraction of sp³-hybridized carbons (Fsp3) is 0.388. The van der Waals surface area contributed by atoms with Crippen LogP contribution in [0.15, 0.2) is 170 Å². The van der Waals surface area contributed by atoms with Crippen LogP contribution in [0.5, 0.6) is 0 Å². The van der Waals surface area contributed by atoms with E-state index in [2.05, 4.69) is 207 Å².